The Labute approximate surface area is 200 Å². The zero-order valence-corrected chi connectivity index (χ0v) is 20.1. The van der Waals surface area contributed by atoms with Crippen LogP contribution < -0.4 is 5.56 Å². The number of aryl methyl sites for hydroxylation is 3. The minimum absolute atomic E-state index is 0.0380. The van der Waals surface area contributed by atoms with Crippen LogP contribution in [-0.4, -0.2) is 32.3 Å². The standard InChI is InChI=1S/C26H27F3N4O2/c1-13-9-19-23(18-11-20(14(18)2)26(27,28)29)31-24(32-25(19)30-15(13)3)16-7-8-35-21(10-16)17-5-6-22(34)33(4)12-17/h5-6,9,12,16,18,21H,7-8,10-11H2,1-4H3. The number of pyridine rings is 2. The molecule has 4 heterocycles. The average Bonchev–Trinajstić information content (AvgIpc) is 2.80. The van der Waals surface area contributed by atoms with Crippen LogP contribution >= 0.6 is 0 Å². The molecule has 35 heavy (non-hydrogen) atoms. The van der Waals surface area contributed by atoms with Crippen molar-refractivity contribution in [1.82, 2.24) is 19.5 Å². The Morgan fingerprint density at radius 3 is 2.57 bits per heavy atom. The Morgan fingerprint density at radius 2 is 1.89 bits per heavy atom. The number of allylic oxidation sites excluding steroid dienone is 2. The summed E-state index contributed by atoms with van der Waals surface area (Å²) in [6.45, 7) is 5.87. The van der Waals surface area contributed by atoms with Crippen molar-refractivity contribution < 1.29 is 17.9 Å². The molecule has 184 valence electrons. The van der Waals surface area contributed by atoms with Crippen LogP contribution in [0.2, 0.25) is 0 Å². The SMILES string of the molecule is CC1=C(C(F)(F)F)CC1c1nc(C2CCOC(c3ccc(=O)n(C)c3)C2)nc2nc(C)c(C)cc12. The van der Waals surface area contributed by atoms with Crippen LogP contribution in [0.5, 0.6) is 0 Å². The third kappa shape index (κ3) is 4.26. The fourth-order valence-electron chi connectivity index (χ4n) is 5.04. The van der Waals surface area contributed by atoms with Crippen molar-refractivity contribution >= 4 is 11.0 Å². The highest BCUT2D eigenvalue weighted by Gasteiger charge is 2.45. The number of hydrogen-bond donors (Lipinski definition) is 0. The summed E-state index contributed by atoms with van der Waals surface area (Å²) in [4.78, 5) is 26.1. The van der Waals surface area contributed by atoms with E-state index in [1.807, 2.05) is 19.9 Å². The second-order valence-corrected chi connectivity index (χ2v) is 9.64. The second kappa shape index (κ2) is 8.55. The van der Waals surface area contributed by atoms with Gasteiger partial charge in [-0.1, -0.05) is 5.57 Å². The van der Waals surface area contributed by atoms with Crippen molar-refractivity contribution in [3.05, 3.63) is 74.2 Å². The van der Waals surface area contributed by atoms with E-state index in [0.29, 0.717) is 47.6 Å². The maximum absolute atomic E-state index is 13.4. The van der Waals surface area contributed by atoms with Gasteiger partial charge >= 0.3 is 6.18 Å². The number of hydrogen-bond acceptors (Lipinski definition) is 5. The maximum Gasteiger partial charge on any atom is 0.412 e. The van der Waals surface area contributed by atoms with Gasteiger partial charge in [-0.2, -0.15) is 13.2 Å². The molecule has 0 aromatic carbocycles. The van der Waals surface area contributed by atoms with Gasteiger partial charge in [0, 0.05) is 54.4 Å². The third-order valence-electron chi connectivity index (χ3n) is 7.39. The number of alkyl halides is 3. The Balaban J connectivity index is 1.55. The van der Waals surface area contributed by atoms with Gasteiger partial charge in [0.25, 0.3) is 0 Å². The molecule has 3 unspecified atom stereocenters. The minimum Gasteiger partial charge on any atom is -0.373 e. The molecule has 0 bridgehead atoms. The predicted octanol–water partition coefficient (Wildman–Crippen LogP) is 5.34. The van der Waals surface area contributed by atoms with E-state index >= 15 is 0 Å². The highest BCUT2D eigenvalue weighted by atomic mass is 19.4. The van der Waals surface area contributed by atoms with Crippen LogP contribution in [0.4, 0.5) is 13.2 Å². The number of fused-ring (bicyclic) bond motifs is 1. The van der Waals surface area contributed by atoms with Gasteiger partial charge in [0.05, 0.1) is 11.8 Å². The van der Waals surface area contributed by atoms with Crippen LogP contribution in [0, 0.1) is 13.8 Å². The Bertz CT molecular complexity index is 1410. The first-order valence-corrected chi connectivity index (χ1v) is 11.7. The van der Waals surface area contributed by atoms with E-state index in [1.165, 1.54) is 10.6 Å². The van der Waals surface area contributed by atoms with Crippen molar-refractivity contribution in [3.63, 3.8) is 0 Å². The minimum atomic E-state index is -4.32. The summed E-state index contributed by atoms with van der Waals surface area (Å²) < 4.78 is 47.6. The van der Waals surface area contributed by atoms with Gasteiger partial charge in [0.2, 0.25) is 5.56 Å². The van der Waals surface area contributed by atoms with E-state index in [0.717, 1.165) is 16.8 Å². The van der Waals surface area contributed by atoms with Crippen molar-refractivity contribution in [2.75, 3.05) is 6.61 Å². The number of nitrogens with zero attached hydrogens (tertiary/aromatic N) is 4. The molecule has 3 aromatic heterocycles. The van der Waals surface area contributed by atoms with Crippen molar-refractivity contribution in [2.24, 2.45) is 7.05 Å². The number of rotatable bonds is 3. The molecule has 1 fully saturated rings. The first kappa shape index (κ1) is 23.7. The molecular formula is C26H27F3N4O2. The Kier molecular flexibility index (Phi) is 5.78. The van der Waals surface area contributed by atoms with Gasteiger partial charge in [0.1, 0.15) is 5.82 Å². The summed E-state index contributed by atoms with van der Waals surface area (Å²) in [5.74, 6) is 0.151. The largest absolute Gasteiger partial charge is 0.412 e. The first-order chi connectivity index (χ1) is 16.5. The normalized spacial score (nSPS) is 23.0. The molecule has 1 aliphatic carbocycles. The lowest BCUT2D eigenvalue weighted by molar-refractivity contribution is -0.0991. The molecular weight excluding hydrogens is 457 g/mol. The summed E-state index contributed by atoms with van der Waals surface area (Å²) in [7, 11) is 1.70. The smallest absolute Gasteiger partial charge is 0.373 e. The predicted molar refractivity (Wildman–Crippen MR) is 125 cm³/mol. The second-order valence-electron chi connectivity index (χ2n) is 9.64. The molecule has 0 spiro atoms. The van der Waals surface area contributed by atoms with E-state index < -0.39 is 17.7 Å². The van der Waals surface area contributed by atoms with Crippen LogP contribution in [0.3, 0.4) is 0 Å². The number of halogens is 3. The van der Waals surface area contributed by atoms with Crippen molar-refractivity contribution in [3.8, 4) is 0 Å². The van der Waals surface area contributed by atoms with E-state index in [4.69, 9.17) is 14.7 Å². The van der Waals surface area contributed by atoms with Gasteiger partial charge < -0.3 is 9.30 Å². The summed E-state index contributed by atoms with van der Waals surface area (Å²) in [5, 5.41) is 0.712. The third-order valence-corrected chi connectivity index (χ3v) is 7.39. The monoisotopic (exact) mass is 484 g/mol. The average molecular weight is 485 g/mol. The lowest BCUT2D eigenvalue weighted by Crippen LogP contribution is -2.28. The molecule has 1 aliphatic heterocycles. The molecule has 3 aromatic rings. The molecule has 2 aliphatic rings. The van der Waals surface area contributed by atoms with E-state index in [-0.39, 0.29) is 24.0 Å². The molecule has 6 nitrogen and oxygen atoms in total. The first-order valence-electron chi connectivity index (χ1n) is 11.7. The molecule has 3 atom stereocenters. The lowest BCUT2D eigenvalue weighted by Gasteiger charge is -2.34. The summed E-state index contributed by atoms with van der Waals surface area (Å²) >= 11 is 0. The summed E-state index contributed by atoms with van der Waals surface area (Å²) in [6.07, 6.45) is -1.54. The summed E-state index contributed by atoms with van der Waals surface area (Å²) in [5.41, 5.74) is 3.58. The topological polar surface area (TPSA) is 69.9 Å². The fourth-order valence-corrected chi connectivity index (χ4v) is 5.04. The highest BCUT2D eigenvalue weighted by Crippen LogP contribution is 2.50. The molecule has 0 amide bonds. The fraction of sp³-hybridized carbons (Fsp3) is 0.462. The van der Waals surface area contributed by atoms with Gasteiger partial charge in [-0.3, -0.25) is 4.79 Å². The van der Waals surface area contributed by atoms with Crippen molar-refractivity contribution in [2.45, 2.75) is 64.1 Å². The molecule has 1 saturated heterocycles. The van der Waals surface area contributed by atoms with E-state index in [2.05, 4.69) is 4.98 Å². The van der Waals surface area contributed by atoms with E-state index in [9.17, 15) is 18.0 Å². The highest BCUT2D eigenvalue weighted by molar-refractivity contribution is 5.80. The van der Waals surface area contributed by atoms with Crippen LogP contribution in [-0.2, 0) is 11.8 Å². The van der Waals surface area contributed by atoms with Crippen molar-refractivity contribution in [1.29, 1.82) is 0 Å². The molecule has 5 rings (SSSR count). The van der Waals surface area contributed by atoms with Crippen LogP contribution in [0.1, 0.15) is 72.5 Å². The van der Waals surface area contributed by atoms with Gasteiger partial charge in [-0.05, 0) is 63.3 Å². The number of aromatic nitrogens is 4. The molecule has 0 saturated carbocycles. The lowest BCUT2D eigenvalue weighted by atomic mass is 9.75. The number of ether oxygens (including phenoxy) is 1. The van der Waals surface area contributed by atoms with Crippen LogP contribution in [0.25, 0.3) is 11.0 Å². The van der Waals surface area contributed by atoms with Gasteiger partial charge in [-0.25, -0.2) is 15.0 Å². The maximum atomic E-state index is 13.4. The zero-order valence-electron chi connectivity index (χ0n) is 20.1. The molecule has 0 N–H and O–H groups in total. The summed E-state index contributed by atoms with van der Waals surface area (Å²) in [6, 6.07) is 5.23. The zero-order chi connectivity index (χ0) is 25.1. The van der Waals surface area contributed by atoms with E-state index in [1.54, 1.807) is 26.2 Å². The Hall–Kier alpha value is -3.07. The van der Waals surface area contributed by atoms with Gasteiger partial charge in [0.15, 0.2) is 5.65 Å². The van der Waals surface area contributed by atoms with Gasteiger partial charge in [-0.15, -0.1) is 0 Å². The quantitative estimate of drug-likeness (QED) is 0.470. The van der Waals surface area contributed by atoms with Crippen LogP contribution in [0.15, 0.2) is 40.3 Å². The Morgan fingerprint density at radius 1 is 1.11 bits per heavy atom. The molecule has 9 heteroatoms. The molecule has 0 radical (unpaired) electrons.